The molecule has 7 heteroatoms. The molecule has 1 unspecified atom stereocenters. The highest BCUT2D eigenvalue weighted by Crippen LogP contribution is 2.39. The number of rotatable bonds is 8. The van der Waals surface area contributed by atoms with E-state index in [2.05, 4.69) is 17.1 Å². The highest BCUT2D eigenvalue weighted by molar-refractivity contribution is 5.94. The average molecular weight is 407 g/mol. The number of piperidine rings is 1. The predicted octanol–water partition coefficient (Wildman–Crippen LogP) is 1.57. The first-order valence-electron chi connectivity index (χ1n) is 11.0. The number of likely N-dealkylation sites (tertiary alicyclic amines) is 1. The van der Waals surface area contributed by atoms with Crippen LogP contribution in [0.25, 0.3) is 0 Å². The van der Waals surface area contributed by atoms with Crippen LogP contribution in [0.5, 0.6) is 11.5 Å². The van der Waals surface area contributed by atoms with Gasteiger partial charge in [-0.25, -0.2) is 0 Å². The molecular weight excluding hydrogens is 370 g/mol. The minimum atomic E-state index is 0.0247. The predicted molar refractivity (Wildman–Crippen MR) is 114 cm³/mol. The first-order valence-corrected chi connectivity index (χ1v) is 11.0. The molecular formula is C22H36N3O4+. The number of morpholine rings is 1. The minimum absolute atomic E-state index is 0.0247. The van der Waals surface area contributed by atoms with E-state index in [1.165, 1.54) is 17.7 Å². The van der Waals surface area contributed by atoms with Crippen LogP contribution in [0, 0.1) is 5.92 Å². The largest absolute Gasteiger partial charge is 0.492 e. The Balaban J connectivity index is 1.78. The van der Waals surface area contributed by atoms with Gasteiger partial charge < -0.3 is 29.3 Å². The van der Waals surface area contributed by atoms with Gasteiger partial charge in [-0.1, -0.05) is 6.92 Å². The Labute approximate surface area is 174 Å². The van der Waals surface area contributed by atoms with Crippen molar-refractivity contribution < 1.29 is 23.9 Å². The molecule has 0 radical (unpaired) electrons. The number of nitrogens with one attached hydrogen (secondary N) is 2. The van der Waals surface area contributed by atoms with Gasteiger partial charge >= 0.3 is 0 Å². The second-order valence-corrected chi connectivity index (χ2v) is 7.96. The van der Waals surface area contributed by atoms with Crippen LogP contribution in [-0.2, 0) is 9.53 Å². The Morgan fingerprint density at radius 2 is 1.93 bits per heavy atom. The molecule has 2 aliphatic heterocycles. The van der Waals surface area contributed by atoms with E-state index < -0.39 is 0 Å². The number of quaternary nitrogens is 1. The Morgan fingerprint density at radius 1 is 1.21 bits per heavy atom. The fraction of sp³-hybridized carbons (Fsp3) is 0.682. The molecule has 2 saturated heterocycles. The molecule has 3 rings (SSSR count). The van der Waals surface area contributed by atoms with Crippen molar-refractivity contribution in [3.05, 3.63) is 12.1 Å². The molecule has 29 heavy (non-hydrogen) atoms. The van der Waals surface area contributed by atoms with Gasteiger partial charge in [-0.2, -0.15) is 0 Å². The first-order chi connectivity index (χ1) is 14.1. The molecule has 0 aromatic heterocycles. The monoisotopic (exact) mass is 406 g/mol. The van der Waals surface area contributed by atoms with E-state index in [-0.39, 0.29) is 5.91 Å². The molecule has 2 atom stereocenters. The van der Waals surface area contributed by atoms with Gasteiger partial charge in [-0.15, -0.1) is 0 Å². The van der Waals surface area contributed by atoms with E-state index >= 15 is 0 Å². The number of benzene rings is 1. The van der Waals surface area contributed by atoms with Gasteiger partial charge in [-0.05, 0) is 26.7 Å². The molecule has 1 aromatic rings. The van der Waals surface area contributed by atoms with E-state index in [4.69, 9.17) is 14.2 Å². The Kier molecular flexibility index (Phi) is 8.00. The summed E-state index contributed by atoms with van der Waals surface area (Å²) in [5.74, 6) is 2.17. The molecule has 0 aliphatic carbocycles. The lowest BCUT2D eigenvalue weighted by Crippen LogP contribution is -3.14. The molecule has 2 N–H and O–H groups in total. The van der Waals surface area contributed by atoms with Crippen molar-refractivity contribution in [1.82, 2.24) is 0 Å². The van der Waals surface area contributed by atoms with Crippen LogP contribution < -0.4 is 24.6 Å². The van der Waals surface area contributed by atoms with Gasteiger partial charge in [0.25, 0.3) is 5.91 Å². The van der Waals surface area contributed by atoms with Crippen molar-refractivity contribution in [2.75, 3.05) is 69.4 Å². The quantitative estimate of drug-likeness (QED) is 0.686. The molecule has 1 amide bonds. The molecule has 2 aliphatic rings. The number of ether oxygens (including phenoxy) is 3. The van der Waals surface area contributed by atoms with Crippen LogP contribution in [0.2, 0.25) is 0 Å². The molecule has 162 valence electrons. The standard InChI is InChI=1S/C22H35N3O4/c1-4-28-20-14-19(25-9-11-27-12-10-25)21(29-5-2)13-18(20)23-22(26)16-24-8-6-7-17(3)15-24/h13-14,17H,4-12,15-16H2,1-3H3,(H,23,26)/p+1/t17-/m1/s1. The lowest BCUT2D eigenvalue weighted by atomic mass is 10.0. The lowest BCUT2D eigenvalue weighted by molar-refractivity contribution is -0.900. The summed E-state index contributed by atoms with van der Waals surface area (Å²) in [6.07, 6.45) is 2.46. The highest BCUT2D eigenvalue weighted by atomic mass is 16.5. The number of nitrogens with zero attached hydrogens (tertiary/aromatic N) is 1. The zero-order chi connectivity index (χ0) is 20.6. The molecule has 0 spiro atoms. The number of anilines is 2. The fourth-order valence-electron chi connectivity index (χ4n) is 4.22. The van der Waals surface area contributed by atoms with Crippen molar-refractivity contribution in [2.24, 2.45) is 5.92 Å². The smallest absolute Gasteiger partial charge is 0.279 e. The van der Waals surface area contributed by atoms with Gasteiger partial charge in [0.05, 0.1) is 50.9 Å². The van der Waals surface area contributed by atoms with Crippen molar-refractivity contribution in [3.8, 4) is 11.5 Å². The SMILES string of the molecule is CCOc1cc(N2CCOCC2)c(OCC)cc1NC(=O)C[NH+]1CCC[C@@H](C)C1. The lowest BCUT2D eigenvalue weighted by Gasteiger charge is -2.31. The van der Waals surface area contributed by atoms with Gasteiger partial charge in [0.15, 0.2) is 6.54 Å². The molecule has 0 saturated carbocycles. The van der Waals surface area contributed by atoms with Crippen LogP contribution in [-0.4, -0.2) is 65.1 Å². The van der Waals surface area contributed by atoms with Gasteiger partial charge in [-0.3, -0.25) is 4.79 Å². The van der Waals surface area contributed by atoms with Crippen molar-refractivity contribution in [1.29, 1.82) is 0 Å². The van der Waals surface area contributed by atoms with Crippen LogP contribution >= 0.6 is 0 Å². The van der Waals surface area contributed by atoms with Crippen molar-refractivity contribution in [2.45, 2.75) is 33.6 Å². The summed E-state index contributed by atoms with van der Waals surface area (Å²) in [6, 6.07) is 3.90. The maximum absolute atomic E-state index is 12.7. The third-order valence-corrected chi connectivity index (χ3v) is 5.56. The number of amides is 1. The zero-order valence-electron chi connectivity index (χ0n) is 18.1. The second-order valence-electron chi connectivity index (χ2n) is 7.96. The number of carbonyl (C=O) groups is 1. The molecule has 2 fully saturated rings. The van der Waals surface area contributed by atoms with E-state index in [1.54, 1.807) is 0 Å². The summed E-state index contributed by atoms with van der Waals surface area (Å²) in [5, 5.41) is 3.08. The maximum atomic E-state index is 12.7. The fourth-order valence-corrected chi connectivity index (χ4v) is 4.22. The van der Waals surface area contributed by atoms with Crippen LogP contribution in [0.15, 0.2) is 12.1 Å². The highest BCUT2D eigenvalue weighted by Gasteiger charge is 2.24. The normalized spacial score (nSPS) is 22.2. The maximum Gasteiger partial charge on any atom is 0.279 e. The first kappa shape index (κ1) is 21.7. The number of hydrogen-bond donors (Lipinski definition) is 2. The van der Waals surface area contributed by atoms with Crippen molar-refractivity contribution >= 4 is 17.3 Å². The van der Waals surface area contributed by atoms with Crippen LogP contribution in [0.1, 0.15) is 33.6 Å². The number of carbonyl (C=O) groups excluding carboxylic acids is 1. The van der Waals surface area contributed by atoms with Gasteiger partial charge in [0.2, 0.25) is 0 Å². The van der Waals surface area contributed by atoms with Gasteiger partial charge in [0.1, 0.15) is 11.5 Å². The average Bonchev–Trinajstić information content (AvgIpc) is 2.71. The summed E-state index contributed by atoms with van der Waals surface area (Å²) in [7, 11) is 0. The Hall–Kier alpha value is -1.99. The number of hydrogen-bond acceptors (Lipinski definition) is 5. The van der Waals surface area contributed by atoms with Crippen LogP contribution in [0.3, 0.4) is 0 Å². The molecule has 0 bridgehead atoms. The summed E-state index contributed by atoms with van der Waals surface area (Å²) in [4.78, 5) is 16.4. The Bertz CT molecular complexity index is 676. The van der Waals surface area contributed by atoms with E-state index in [0.717, 1.165) is 37.6 Å². The summed E-state index contributed by atoms with van der Waals surface area (Å²) >= 11 is 0. The zero-order valence-corrected chi connectivity index (χ0v) is 18.1. The molecule has 2 heterocycles. The van der Waals surface area contributed by atoms with Crippen LogP contribution in [0.4, 0.5) is 11.4 Å². The summed E-state index contributed by atoms with van der Waals surface area (Å²) in [5.41, 5.74) is 1.67. The molecule has 7 nitrogen and oxygen atoms in total. The van der Waals surface area contributed by atoms with Gasteiger partial charge in [0, 0.05) is 31.1 Å². The second kappa shape index (κ2) is 10.7. The molecule has 1 aromatic carbocycles. The van der Waals surface area contributed by atoms with E-state index in [9.17, 15) is 4.79 Å². The van der Waals surface area contributed by atoms with E-state index in [1.807, 2.05) is 26.0 Å². The third kappa shape index (κ3) is 6.00. The van der Waals surface area contributed by atoms with Crippen molar-refractivity contribution in [3.63, 3.8) is 0 Å². The minimum Gasteiger partial charge on any atom is -0.492 e. The topological polar surface area (TPSA) is 64.5 Å². The summed E-state index contributed by atoms with van der Waals surface area (Å²) < 4.78 is 17.3. The Morgan fingerprint density at radius 3 is 2.62 bits per heavy atom. The summed E-state index contributed by atoms with van der Waals surface area (Å²) in [6.45, 7) is 12.9. The van der Waals surface area contributed by atoms with E-state index in [0.29, 0.717) is 50.3 Å². The third-order valence-electron chi connectivity index (χ3n) is 5.56.